The molecule has 1 atom stereocenters. The van der Waals surface area contributed by atoms with Gasteiger partial charge in [0.2, 0.25) is 17.7 Å². The Labute approximate surface area is 168 Å². The van der Waals surface area contributed by atoms with E-state index in [1.54, 1.807) is 15.9 Å². The topological polar surface area (TPSA) is 116 Å². The van der Waals surface area contributed by atoms with E-state index in [2.05, 4.69) is 10.2 Å². The zero-order valence-corrected chi connectivity index (χ0v) is 16.2. The lowest BCUT2D eigenvalue weighted by molar-refractivity contribution is -0.137. The Balaban J connectivity index is 1.46. The summed E-state index contributed by atoms with van der Waals surface area (Å²) in [5.74, 6) is -0.876. The van der Waals surface area contributed by atoms with Crippen molar-refractivity contribution in [1.29, 1.82) is 0 Å². The summed E-state index contributed by atoms with van der Waals surface area (Å²) in [5.41, 5.74) is 8.07. The lowest BCUT2D eigenvalue weighted by atomic mass is 10.0. The maximum atomic E-state index is 12.9. The highest BCUT2D eigenvalue weighted by molar-refractivity contribution is 6.05. The number of imide groups is 1. The quantitative estimate of drug-likeness (QED) is 0.631. The van der Waals surface area contributed by atoms with Gasteiger partial charge in [-0.15, -0.1) is 0 Å². The van der Waals surface area contributed by atoms with Gasteiger partial charge in [-0.1, -0.05) is 12.1 Å². The molecule has 3 aliphatic rings. The molecule has 1 aromatic rings. The van der Waals surface area contributed by atoms with Gasteiger partial charge in [0, 0.05) is 51.3 Å². The highest BCUT2D eigenvalue weighted by Crippen LogP contribution is 2.30. The summed E-state index contributed by atoms with van der Waals surface area (Å²) < 4.78 is 0. The Bertz CT molecular complexity index is 862. The fourth-order valence-electron chi connectivity index (χ4n) is 4.32. The van der Waals surface area contributed by atoms with E-state index in [4.69, 9.17) is 5.73 Å². The summed E-state index contributed by atoms with van der Waals surface area (Å²) >= 11 is 0. The van der Waals surface area contributed by atoms with E-state index in [1.807, 2.05) is 12.1 Å². The number of carbonyl (C=O) groups is 4. The highest BCUT2D eigenvalue weighted by Gasteiger charge is 2.39. The Morgan fingerprint density at radius 3 is 2.59 bits per heavy atom. The van der Waals surface area contributed by atoms with Crippen molar-refractivity contribution in [1.82, 2.24) is 20.0 Å². The average Bonchev–Trinajstić information content (AvgIpc) is 3.05. The van der Waals surface area contributed by atoms with Crippen molar-refractivity contribution in [2.75, 3.05) is 32.7 Å². The van der Waals surface area contributed by atoms with Gasteiger partial charge in [0.05, 0.1) is 6.54 Å². The van der Waals surface area contributed by atoms with Crippen LogP contribution in [0.25, 0.3) is 0 Å². The number of benzene rings is 1. The Morgan fingerprint density at radius 1 is 1.14 bits per heavy atom. The van der Waals surface area contributed by atoms with Crippen LogP contribution in [-0.4, -0.2) is 77.1 Å². The number of nitrogens with one attached hydrogen (secondary N) is 1. The van der Waals surface area contributed by atoms with Crippen LogP contribution in [0.2, 0.25) is 0 Å². The van der Waals surface area contributed by atoms with Crippen LogP contribution < -0.4 is 11.1 Å². The van der Waals surface area contributed by atoms with Crippen molar-refractivity contribution >= 4 is 23.6 Å². The lowest BCUT2D eigenvalue weighted by Crippen LogP contribution is -2.52. The monoisotopic (exact) mass is 399 g/mol. The molecule has 29 heavy (non-hydrogen) atoms. The van der Waals surface area contributed by atoms with Crippen LogP contribution in [0.3, 0.4) is 0 Å². The number of rotatable bonds is 4. The van der Waals surface area contributed by atoms with Gasteiger partial charge in [-0.2, -0.15) is 0 Å². The maximum absolute atomic E-state index is 12.9. The summed E-state index contributed by atoms with van der Waals surface area (Å²) in [6, 6.07) is 5.07. The zero-order valence-electron chi connectivity index (χ0n) is 16.2. The molecule has 3 aliphatic heterocycles. The zero-order chi connectivity index (χ0) is 20.5. The molecule has 0 aliphatic carbocycles. The van der Waals surface area contributed by atoms with Gasteiger partial charge in [-0.25, -0.2) is 0 Å². The van der Waals surface area contributed by atoms with Crippen molar-refractivity contribution < 1.29 is 19.2 Å². The summed E-state index contributed by atoms with van der Waals surface area (Å²) in [7, 11) is 0. The number of fused-ring (bicyclic) bond motifs is 1. The number of piperazine rings is 1. The first-order chi connectivity index (χ1) is 14.0. The molecule has 2 fully saturated rings. The minimum atomic E-state index is -0.605. The molecular weight excluding hydrogens is 374 g/mol. The molecule has 4 amide bonds. The van der Waals surface area contributed by atoms with Crippen LogP contribution in [0.15, 0.2) is 18.2 Å². The van der Waals surface area contributed by atoms with Crippen LogP contribution in [-0.2, 0) is 27.5 Å². The van der Waals surface area contributed by atoms with Gasteiger partial charge in [0.25, 0.3) is 5.91 Å². The molecule has 0 aromatic heterocycles. The number of amides is 4. The third-order valence-electron chi connectivity index (χ3n) is 5.97. The van der Waals surface area contributed by atoms with Gasteiger partial charge in [-0.3, -0.25) is 29.4 Å². The van der Waals surface area contributed by atoms with Crippen molar-refractivity contribution in [3.05, 3.63) is 34.9 Å². The van der Waals surface area contributed by atoms with Crippen molar-refractivity contribution in [3.8, 4) is 0 Å². The van der Waals surface area contributed by atoms with Gasteiger partial charge >= 0.3 is 0 Å². The second-order valence-corrected chi connectivity index (χ2v) is 7.70. The van der Waals surface area contributed by atoms with Gasteiger partial charge < -0.3 is 15.5 Å². The number of nitrogens with two attached hydrogens (primary N) is 1. The molecule has 154 valence electrons. The Hall–Kier alpha value is -2.78. The molecule has 0 radical (unpaired) electrons. The van der Waals surface area contributed by atoms with E-state index >= 15 is 0 Å². The molecule has 9 heteroatoms. The first-order valence-corrected chi connectivity index (χ1v) is 9.93. The van der Waals surface area contributed by atoms with E-state index in [0.29, 0.717) is 38.2 Å². The SMILES string of the molecule is NCC(=O)N1CCN(Cc2cccc3c2CN(C2CCC(=O)NC2=O)C3=O)CC1. The summed E-state index contributed by atoms with van der Waals surface area (Å²) in [5, 5.41) is 2.33. The average molecular weight is 399 g/mol. The smallest absolute Gasteiger partial charge is 0.255 e. The van der Waals surface area contributed by atoms with Crippen LogP contribution >= 0.6 is 0 Å². The van der Waals surface area contributed by atoms with Crippen molar-refractivity contribution in [2.24, 2.45) is 5.73 Å². The standard InChI is InChI=1S/C20H25N5O4/c21-10-18(27)24-8-6-23(7-9-24)11-13-2-1-3-14-15(13)12-25(20(14)29)16-4-5-17(26)22-19(16)28/h1-3,16H,4-12,21H2,(H,22,26,28). The van der Waals surface area contributed by atoms with Crippen LogP contribution in [0.1, 0.15) is 34.3 Å². The first-order valence-electron chi connectivity index (χ1n) is 9.93. The largest absolute Gasteiger partial charge is 0.339 e. The molecule has 0 spiro atoms. The van der Waals surface area contributed by atoms with Gasteiger partial charge in [-0.05, 0) is 23.6 Å². The number of hydrogen-bond donors (Lipinski definition) is 2. The predicted molar refractivity (Wildman–Crippen MR) is 103 cm³/mol. The van der Waals surface area contributed by atoms with E-state index in [0.717, 1.165) is 24.2 Å². The summed E-state index contributed by atoms with van der Waals surface area (Å²) in [4.78, 5) is 53.9. The molecule has 2 saturated heterocycles. The number of nitrogens with zero attached hydrogens (tertiary/aromatic N) is 3. The van der Waals surface area contributed by atoms with Gasteiger partial charge in [0.1, 0.15) is 6.04 Å². The van der Waals surface area contributed by atoms with E-state index in [-0.39, 0.29) is 30.7 Å². The molecule has 3 heterocycles. The molecule has 0 saturated carbocycles. The lowest BCUT2D eigenvalue weighted by Gasteiger charge is -2.35. The van der Waals surface area contributed by atoms with Crippen LogP contribution in [0.4, 0.5) is 0 Å². The fraction of sp³-hybridized carbons (Fsp3) is 0.500. The predicted octanol–water partition coefficient (Wildman–Crippen LogP) is -0.949. The second-order valence-electron chi connectivity index (χ2n) is 7.70. The Morgan fingerprint density at radius 2 is 1.90 bits per heavy atom. The van der Waals surface area contributed by atoms with Crippen molar-refractivity contribution in [3.63, 3.8) is 0 Å². The third-order valence-corrected chi connectivity index (χ3v) is 5.97. The Kier molecular flexibility index (Phi) is 5.33. The minimum absolute atomic E-state index is 0.0317. The van der Waals surface area contributed by atoms with Crippen LogP contribution in [0, 0.1) is 0 Å². The first kappa shape index (κ1) is 19.5. The van der Waals surface area contributed by atoms with E-state index in [1.165, 1.54) is 0 Å². The summed E-state index contributed by atoms with van der Waals surface area (Å²) in [6.07, 6.45) is 0.603. The maximum Gasteiger partial charge on any atom is 0.255 e. The summed E-state index contributed by atoms with van der Waals surface area (Å²) in [6.45, 7) is 3.89. The minimum Gasteiger partial charge on any atom is -0.339 e. The number of piperidine rings is 1. The molecule has 4 rings (SSSR count). The fourth-order valence-corrected chi connectivity index (χ4v) is 4.32. The molecule has 1 unspecified atom stereocenters. The molecular formula is C20H25N5O4. The van der Waals surface area contributed by atoms with Crippen LogP contribution in [0.5, 0.6) is 0 Å². The van der Waals surface area contributed by atoms with E-state index < -0.39 is 11.9 Å². The number of hydrogen-bond acceptors (Lipinski definition) is 6. The molecule has 1 aromatic carbocycles. The number of carbonyl (C=O) groups excluding carboxylic acids is 4. The molecule has 9 nitrogen and oxygen atoms in total. The van der Waals surface area contributed by atoms with E-state index in [9.17, 15) is 19.2 Å². The highest BCUT2D eigenvalue weighted by atomic mass is 16.2. The third kappa shape index (κ3) is 3.75. The van der Waals surface area contributed by atoms with Crippen molar-refractivity contribution in [2.45, 2.75) is 32.0 Å². The molecule has 3 N–H and O–H groups in total. The molecule has 0 bridgehead atoms. The normalized spacial score (nSPS) is 22.7. The van der Waals surface area contributed by atoms with Gasteiger partial charge in [0.15, 0.2) is 0 Å². The second kappa shape index (κ2) is 7.92.